The second-order valence-corrected chi connectivity index (χ2v) is 7.07. The number of nitrogens with zero attached hydrogens (tertiary/aromatic N) is 1. The summed E-state index contributed by atoms with van der Waals surface area (Å²) < 4.78 is 18.2. The number of hydrogen-bond donors (Lipinski definition) is 2. The van der Waals surface area contributed by atoms with Crippen molar-refractivity contribution in [3.05, 3.63) is 64.3 Å². The van der Waals surface area contributed by atoms with E-state index in [9.17, 15) is 19.1 Å². The number of thioether (sulfide) groups is 1. The van der Waals surface area contributed by atoms with Crippen molar-refractivity contribution in [2.24, 2.45) is 0 Å². The maximum Gasteiger partial charge on any atom is 0.285 e. The topological polar surface area (TPSA) is 78.9 Å². The van der Waals surface area contributed by atoms with E-state index in [2.05, 4.69) is 5.43 Å². The average molecular weight is 404 g/mol. The second kappa shape index (κ2) is 7.77. The molecule has 27 heavy (non-hydrogen) atoms. The smallest absolute Gasteiger partial charge is 0.285 e. The van der Waals surface area contributed by atoms with E-state index in [-0.39, 0.29) is 21.4 Å². The van der Waals surface area contributed by atoms with Gasteiger partial charge < -0.3 is 9.84 Å². The van der Waals surface area contributed by atoms with Crippen molar-refractivity contribution in [2.45, 2.75) is 0 Å². The summed E-state index contributed by atoms with van der Waals surface area (Å²) in [6, 6.07) is 9.54. The van der Waals surface area contributed by atoms with Gasteiger partial charge in [0.2, 0.25) is 0 Å². The van der Waals surface area contributed by atoms with E-state index in [1.54, 1.807) is 18.2 Å². The SMILES string of the molecule is COc1cc(/C=C2\SC(=S)N(NC(=O)c3ccc(F)cc3)C2=O)ccc1O. The number of phenols is 1. The number of benzene rings is 2. The standard InChI is InChI=1S/C18H13FN2O4S2/c1-25-14-8-10(2-7-13(14)22)9-15-17(24)21(18(26)27-15)20-16(23)11-3-5-12(19)6-4-11/h2-9,22H,1H3,(H,20,23)/b15-9-. The molecule has 6 nitrogen and oxygen atoms in total. The minimum atomic E-state index is -0.584. The van der Waals surface area contributed by atoms with Crippen LogP contribution in [0.2, 0.25) is 0 Å². The average Bonchev–Trinajstić information content (AvgIpc) is 2.91. The van der Waals surface area contributed by atoms with Gasteiger partial charge in [0.05, 0.1) is 12.0 Å². The summed E-state index contributed by atoms with van der Waals surface area (Å²) in [4.78, 5) is 25.1. The first-order chi connectivity index (χ1) is 12.9. The van der Waals surface area contributed by atoms with Crippen LogP contribution < -0.4 is 10.2 Å². The molecule has 0 aliphatic carbocycles. The highest BCUT2D eigenvalue weighted by Crippen LogP contribution is 2.33. The van der Waals surface area contributed by atoms with Crippen LogP contribution in [0.4, 0.5) is 4.39 Å². The number of thiocarbonyl (C=S) groups is 1. The predicted molar refractivity (Wildman–Crippen MR) is 104 cm³/mol. The third kappa shape index (κ3) is 4.09. The van der Waals surface area contributed by atoms with Gasteiger partial charge in [-0.05, 0) is 60.3 Å². The number of halogens is 1. The van der Waals surface area contributed by atoms with Gasteiger partial charge in [-0.3, -0.25) is 15.0 Å². The Morgan fingerprint density at radius 3 is 2.67 bits per heavy atom. The Kier molecular flexibility index (Phi) is 5.43. The molecule has 2 aromatic carbocycles. The number of aromatic hydroxyl groups is 1. The van der Waals surface area contributed by atoms with E-state index in [1.165, 1.54) is 25.3 Å². The maximum atomic E-state index is 13.0. The summed E-state index contributed by atoms with van der Waals surface area (Å²) in [5.74, 6) is -1.30. The van der Waals surface area contributed by atoms with Gasteiger partial charge in [-0.1, -0.05) is 17.8 Å². The van der Waals surface area contributed by atoms with E-state index < -0.39 is 17.6 Å². The quantitative estimate of drug-likeness (QED) is 0.602. The highest BCUT2D eigenvalue weighted by atomic mass is 32.2. The Balaban J connectivity index is 1.78. The molecule has 0 saturated carbocycles. The lowest BCUT2D eigenvalue weighted by molar-refractivity contribution is -0.123. The summed E-state index contributed by atoms with van der Waals surface area (Å²) >= 11 is 6.18. The number of phenolic OH excluding ortho intramolecular Hbond substituents is 1. The molecule has 1 aliphatic heterocycles. The molecule has 2 N–H and O–H groups in total. The molecule has 2 aromatic rings. The van der Waals surface area contributed by atoms with Crippen molar-refractivity contribution in [3.63, 3.8) is 0 Å². The molecule has 0 spiro atoms. The molecular formula is C18H13FN2O4S2. The maximum absolute atomic E-state index is 13.0. The third-order valence-electron chi connectivity index (χ3n) is 3.62. The number of rotatable bonds is 4. The Labute approximate surface area is 163 Å². The van der Waals surface area contributed by atoms with Crippen molar-refractivity contribution >= 4 is 46.2 Å². The fraction of sp³-hybridized carbons (Fsp3) is 0.0556. The van der Waals surface area contributed by atoms with Gasteiger partial charge in [0.15, 0.2) is 15.8 Å². The lowest BCUT2D eigenvalue weighted by atomic mass is 10.2. The van der Waals surface area contributed by atoms with Crippen LogP contribution in [-0.4, -0.2) is 33.4 Å². The van der Waals surface area contributed by atoms with Gasteiger partial charge in [-0.25, -0.2) is 4.39 Å². The number of amides is 2. The van der Waals surface area contributed by atoms with Gasteiger partial charge in [-0.2, -0.15) is 5.01 Å². The number of hydrogen-bond acceptors (Lipinski definition) is 6. The van der Waals surface area contributed by atoms with Crippen LogP contribution in [0, 0.1) is 5.82 Å². The van der Waals surface area contributed by atoms with Crippen molar-refractivity contribution in [1.82, 2.24) is 10.4 Å². The molecule has 1 heterocycles. The fourth-order valence-corrected chi connectivity index (χ4v) is 3.45. The van der Waals surface area contributed by atoms with E-state index in [4.69, 9.17) is 17.0 Å². The van der Waals surface area contributed by atoms with Crippen molar-refractivity contribution in [3.8, 4) is 11.5 Å². The number of carbonyl (C=O) groups is 2. The van der Waals surface area contributed by atoms with Gasteiger partial charge in [0.25, 0.3) is 11.8 Å². The normalized spacial score (nSPS) is 15.3. The van der Waals surface area contributed by atoms with Crippen LogP contribution in [0.5, 0.6) is 11.5 Å². The fourth-order valence-electron chi connectivity index (χ4n) is 2.27. The number of ether oxygens (including phenoxy) is 1. The van der Waals surface area contributed by atoms with Crippen LogP contribution in [-0.2, 0) is 4.79 Å². The van der Waals surface area contributed by atoms with Gasteiger partial charge in [0, 0.05) is 5.56 Å². The van der Waals surface area contributed by atoms with E-state index in [0.717, 1.165) is 28.9 Å². The van der Waals surface area contributed by atoms with Crippen molar-refractivity contribution in [1.29, 1.82) is 0 Å². The molecule has 0 unspecified atom stereocenters. The third-order valence-corrected chi connectivity index (χ3v) is 4.92. The molecule has 1 saturated heterocycles. The lowest BCUT2D eigenvalue weighted by Crippen LogP contribution is -2.44. The van der Waals surface area contributed by atoms with Crippen molar-refractivity contribution in [2.75, 3.05) is 7.11 Å². The van der Waals surface area contributed by atoms with Crippen LogP contribution in [0.3, 0.4) is 0 Å². The molecule has 9 heteroatoms. The van der Waals surface area contributed by atoms with E-state index in [1.807, 2.05) is 0 Å². The summed E-state index contributed by atoms with van der Waals surface area (Å²) in [5.41, 5.74) is 3.23. The molecule has 0 aromatic heterocycles. The molecule has 0 atom stereocenters. The molecule has 1 fully saturated rings. The molecule has 0 bridgehead atoms. The Morgan fingerprint density at radius 2 is 2.00 bits per heavy atom. The number of carbonyl (C=O) groups excluding carboxylic acids is 2. The first kappa shape index (κ1) is 18.9. The van der Waals surface area contributed by atoms with Gasteiger partial charge >= 0.3 is 0 Å². The monoisotopic (exact) mass is 404 g/mol. The van der Waals surface area contributed by atoms with Crippen LogP contribution in [0.1, 0.15) is 15.9 Å². The van der Waals surface area contributed by atoms with Gasteiger partial charge in [-0.15, -0.1) is 0 Å². The van der Waals surface area contributed by atoms with Crippen LogP contribution in [0.25, 0.3) is 6.08 Å². The Morgan fingerprint density at radius 1 is 1.30 bits per heavy atom. The summed E-state index contributed by atoms with van der Waals surface area (Å²) in [6.45, 7) is 0. The van der Waals surface area contributed by atoms with Crippen LogP contribution in [0.15, 0.2) is 47.4 Å². The zero-order valence-electron chi connectivity index (χ0n) is 13.9. The first-order valence-electron chi connectivity index (χ1n) is 7.60. The molecule has 0 radical (unpaired) electrons. The second-order valence-electron chi connectivity index (χ2n) is 5.40. The van der Waals surface area contributed by atoms with Gasteiger partial charge in [0.1, 0.15) is 5.82 Å². The Hall–Kier alpha value is -2.91. The molecule has 1 aliphatic rings. The molecule has 2 amide bonds. The minimum Gasteiger partial charge on any atom is -0.504 e. The summed E-state index contributed by atoms with van der Waals surface area (Å²) in [7, 11) is 1.42. The molecule has 138 valence electrons. The first-order valence-corrected chi connectivity index (χ1v) is 8.83. The van der Waals surface area contributed by atoms with Crippen molar-refractivity contribution < 1.29 is 23.8 Å². The Bertz CT molecular complexity index is 960. The molecular weight excluding hydrogens is 391 g/mol. The largest absolute Gasteiger partial charge is 0.504 e. The highest BCUT2D eigenvalue weighted by Gasteiger charge is 2.33. The van der Waals surface area contributed by atoms with E-state index in [0.29, 0.717) is 10.5 Å². The van der Waals surface area contributed by atoms with E-state index >= 15 is 0 Å². The minimum absolute atomic E-state index is 0.0197. The number of nitrogens with one attached hydrogen (secondary N) is 1. The zero-order valence-corrected chi connectivity index (χ0v) is 15.6. The summed E-state index contributed by atoms with van der Waals surface area (Å²) in [5, 5.41) is 10.6. The molecule has 3 rings (SSSR count). The summed E-state index contributed by atoms with van der Waals surface area (Å²) in [6.07, 6.45) is 1.57. The lowest BCUT2D eigenvalue weighted by Gasteiger charge is -2.15. The zero-order chi connectivity index (χ0) is 19.6. The number of hydrazine groups is 1. The highest BCUT2D eigenvalue weighted by molar-refractivity contribution is 8.26. The predicted octanol–water partition coefficient (Wildman–Crippen LogP) is 3.09. The number of methoxy groups -OCH3 is 1. The van der Waals surface area contributed by atoms with Crippen LogP contribution >= 0.6 is 24.0 Å².